The van der Waals surface area contributed by atoms with Gasteiger partial charge in [-0.05, 0) is 24.3 Å². The number of hydrogen-bond acceptors (Lipinski definition) is 4. The standard InChI is InChI=1S/C10H13NO3S/c1-7-5-15-6-8(7)10(13)14-4-2-3-9(11)12/h5-6H,2-4H2,1H3,(H2,11,12). The van der Waals surface area contributed by atoms with Gasteiger partial charge in [0.25, 0.3) is 0 Å². The summed E-state index contributed by atoms with van der Waals surface area (Å²) < 4.78 is 4.98. The van der Waals surface area contributed by atoms with Crippen LogP contribution in [0, 0.1) is 6.92 Å². The zero-order valence-corrected chi connectivity index (χ0v) is 9.30. The first kappa shape index (κ1) is 11.7. The molecule has 4 nitrogen and oxygen atoms in total. The fourth-order valence-electron chi connectivity index (χ4n) is 1.06. The predicted octanol–water partition coefficient (Wildman–Crippen LogP) is 1.48. The lowest BCUT2D eigenvalue weighted by Gasteiger charge is -2.02. The third-order valence-electron chi connectivity index (χ3n) is 1.88. The van der Waals surface area contributed by atoms with Gasteiger partial charge in [0.1, 0.15) is 0 Å². The van der Waals surface area contributed by atoms with Crippen LogP contribution in [-0.4, -0.2) is 18.5 Å². The van der Waals surface area contributed by atoms with E-state index in [2.05, 4.69) is 0 Å². The number of rotatable bonds is 5. The Hall–Kier alpha value is -1.36. The number of nitrogens with two attached hydrogens (primary N) is 1. The van der Waals surface area contributed by atoms with Gasteiger partial charge >= 0.3 is 5.97 Å². The van der Waals surface area contributed by atoms with E-state index in [-0.39, 0.29) is 24.9 Å². The van der Waals surface area contributed by atoms with Gasteiger partial charge in [0.2, 0.25) is 5.91 Å². The SMILES string of the molecule is Cc1cscc1C(=O)OCCCC(N)=O. The van der Waals surface area contributed by atoms with Gasteiger partial charge in [-0.1, -0.05) is 0 Å². The molecule has 2 N–H and O–H groups in total. The number of esters is 1. The fraction of sp³-hybridized carbons (Fsp3) is 0.400. The molecule has 1 aromatic rings. The van der Waals surface area contributed by atoms with Crippen molar-refractivity contribution in [3.8, 4) is 0 Å². The molecule has 82 valence electrons. The first-order valence-corrected chi connectivity index (χ1v) is 5.53. The first-order valence-electron chi connectivity index (χ1n) is 4.59. The second-order valence-electron chi connectivity index (χ2n) is 3.17. The third kappa shape index (κ3) is 3.71. The minimum atomic E-state index is -0.377. The summed E-state index contributed by atoms with van der Waals surface area (Å²) in [7, 11) is 0. The van der Waals surface area contributed by atoms with E-state index >= 15 is 0 Å². The summed E-state index contributed by atoms with van der Waals surface area (Å²) in [5, 5.41) is 3.64. The molecule has 0 atom stereocenters. The molecule has 0 saturated heterocycles. The average molecular weight is 227 g/mol. The molecule has 1 aromatic heterocycles. The molecule has 15 heavy (non-hydrogen) atoms. The smallest absolute Gasteiger partial charge is 0.339 e. The van der Waals surface area contributed by atoms with E-state index in [0.717, 1.165) is 5.56 Å². The highest BCUT2D eigenvalue weighted by Gasteiger charge is 2.10. The molecule has 1 amide bonds. The van der Waals surface area contributed by atoms with Crippen LogP contribution in [-0.2, 0) is 9.53 Å². The Morgan fingerprint density at radius 1 is 1.47 bits per heavy atom. The largest absolute Gasteiger partial charge is 0.462 e. The highest BCUT2D eigenvalue weighted by atomic mass is 32.1. The van der Waals surface area contributed by atoms with Gasteiger partial charge in [0.05, 0.1) is 12.2 Å². The number of carbonyl (C=O) groups excluding carboxylic acids is 2. The number of aryl methyl sites for hydroxylation is 1. The van der Waals surface area contributed by atoms with E-state index in [1.165, 1.54) is 11.3 Å². The van der Waals surface area contributed by atoms with Crippen LogP contribution in [0.15, 0.2) is 10.8 Å². The van der Waals surface area contributed by atoms with E-state index in [9.17, 15) is 9.59 Å². The molecule has 1 heterocycles. The number of thiophene rings is 1. The number of primary amides is 1. The van der Waals surface area contributed by atoms with Crippen LogP contribution in [0.5, 0.6) is 0 Å². The zero-order chi connectivity index (χ0) is 11.3. The van der Waals surface area contributed by atoms with Crippen LogP contribution in [0.2, 0.25) is 0 Å². The molecule has 0 aliphatic rings. The predicted molar refractivity (Wildman–Crippen MR) is 57.8 cm³/mol. The molecule has 5 heteroatoms. The Bertz CT molecular complexity index is 359. The van der Waals surface area contributed by atoms with E-state index in [1.54, 1.807) is 5.38 Å². The molecule has 0 spiro atoms. The van der Waals surface area contributed by atoms with Crippen LogP contribution in [0.1, 0.15) is 28.8 Å². The Labute approximate surface area is 92.0 Å². The van der Waals surface area contributed by atoms with E-state index in [0.29, 0.717) is 12.0 Å². The van der Waals surface area contributed by atoms with Gasteiger partial charge in [0, 0.05) is 11.8 Å². The monoisotopic (exact) mass is 227 g/mol. The van der Waals surface area contributed by atoms with Crippen molar-refractivity contribution < 1.29 is 14.3 Å². The zero-order valence-electron chi connectivity index (χ0n) is 8.49. The van der Waals surface area contributed by atoms with Crippen molar-refractivity contribution in [3.05, 3.63) is 21.9 Å². The Morgan fingerprint density at radius 3 is 2.73 bits per heavy atom. The molecule has 1 rings (SSSR count). The van der Waals surface area contributed by atoms with Crippen molar-refractivity contribution >= 4 is 23.2 Å². The van der Waals surface area contributed by atoms with Crippen molar-refractivity contribution in [2.75, 3.05) is 6.61 Å². The topological polar surface area (TPSA) is 69.4 Å². The molecular weight excluding hydrogens is 214 g/mol. The first-order chi connectivity index (χ1) is 7.11. The Morgan fingerprint density at radius 2 is 2.20 bits per heavy atom. The Kier molecular flexibility index (Phi) is 4.30. The quantitative estimate of drug-likeness (QED) is 0.612. The van der Waals surface area contributed by atoms with Gasteiger partial charge in [0.15, 0.2) is 0 Å². The maximum Gasteiger partial charge on any atom is 0.339 e. The van der Waals surface area contributed by atoms with Gasteiger partial charge < -0.3 is 10.5 Å². The van der Waals surface area contributed by atoms with E-state index in [1.807, 2.05) is 12.3 Å². The summed E-state index contributed by atoms with van der Waals surface area (Å²) >= 11 is 1.46. The van der Waals surface area contributed by atoms with Crippen molar-refractivity contribution in [1.29, 1.82) is 0 Å². The lowest BCUT2D eigenvalue weighted by Crippen LogP contribution is -2.13. The molecule has 0 aromatic carbocycles. The molecule has 0 unspecified atom stereocenters. The molecule has 0 aliphatic carbocycles. The molecule has 0 fully saturated rings. The van der Waals surface area contributed by atoms with Crippen molar-refractivity contribution in [3.63, 3.8) is 0 Å². The highest BCUT2D eigenvalue weighted by Crippen LogP contribution is 2.14. The van der Waals surface area contributed by atoms with Crippen molar-refractivity contribution in [2.24, 2.45) is 5.73 Å². The maximum absolute atomic E-state index is 11.4. The maximum atomic E-state index is 11.4. The van der Waals surface area contributed by atoms with Crippen LogP contribution < -0.4 is 5.73 Å². The summed E-state index contributed by atoms with van der Waals surface area (Å²) in [6.45, 7) is 2.09. The number of ether oxygens (including phenoxy) is 1. The highest BCUT2D eigenvalue weighted by molar-refractivity contribution is 7.08. The summed E-state index contributed by atoms with van der Waals surface area (Å²) in [4.78, 5) is 21.8. The lowest BCUT2D eigenvalue weighted by atomic mass is 10.2. The van der Waals surface area contributed by atoms with Crippen molar-refractivity contribution in [2.45, 2.75) is 19.8 Å². The summed E-state index contributed by atoms with van der Waals surface area (Å²) in [5.41, 5.74) is 6.46. The molecule has 0 radical (unpaired) electrons. The fourth-order valence-corrected chi connectivity index (χ4v) is 1.88. The van der Waals surface area contributed by atoms with Gasteiger partial charge in [-0.3, -0.25) is 4.79 Å². The van der Waals surface area contributed by atoms with Crippen LogP contribution in [0.3, 0.4) is 0 Å². The number of amides is 1. The second-order valence-corrected chi connectivity index (χ2v) is 3.92. The molecule has 0 bridgehead atoms. The summed E-state index contributed by atoms with van der Waals surface area (Å²) in [6.07, 6.45) is 0.722. The molecular formula is C10H13NO3S. The van der Waals surface area contributed by atoms with E-state index in [4.69, 9.17) is 10.5 Å². The van der Waals surface area contributed by atoms with Crippen LogP contribution >= 0.6 is 11.3 Å². The van der Waals surface area contributed by atoms with Gasteiger partial charge in [-0.15, -0.1) is 0 Å². The van der Waals surface area contributed by atoms with Gasteiger partial charge in [-0.25, -0.2) is 4.79 Å². The van der Waals surface area contributed by atoms with Crippen molar-refractivity contribution in [1.82, 2.24) is 0 Å². The third-order valence-corrected chi connectivity index (χ3v) is 2.74. The normalized spacial score (nSPS) is 9.93. The van der Waals surface area contributed by atoms with Crippen LogP contribution in [0.25, 0.3) is 0 Å². The summed E-state index contributed by atoms with van der Waals surface area (Å²) in [5.74, 6) is -0.712. The van der Waals surface area contributed by atoms with Crippen LogP contribution in [0.4, 0.5) is 0 Å². The lowest BCUT2D eigenvalue weighted by molar-refractivity contribution is -0.118. The molecule has 0 saturated carbocycles. The second kappa shape index (κ2) is 5.50. The minimum absolute atomic E-state index is 0.233. The van der Waals surface area contributed by atoms with E-state index < -0.39 is 0 Å². The van der Waals surface area contributed by atoms with Gasteiger partial charge in [-0.2, -0.15) is 11.3 Å². The molecule has 0 aliphatic heterocycles. The Balaban J connectivity index is 2.31. The summed E-state index contributed by atoms with van der Waals surface area (Å²) in [6, 6.07) is 0. The average Bonchev–Trinajstić information content (AvgIpc) is 2.58. The number of hydrogen-bond donors (Lipinski definition) is 1. The number of carbonyl (C=O) groups is 2. The minimum Gasteiger partial charge on any atom is -0.462 e.